The first-order chi connectivity index (χ1) is 6.09. The lowest BCUT2D eigenvalue weighted by molar-refractivity contribution is -0.119. The molecule has 0 aromatic heterocycles. The summed E-state index contributed by atoms with van der Waals surface area (Å²) in [5, 5.41) is 0. The fourth-order valence-corrected chi connectivity index (χ4v) is 1.51. The van der Waals surface area contributed by atoms with Gasteiger partial charge in [0.25, 0.3) is 0 Å². The summed E-state index contributed by atoms with van der Waals surface area (Å²) in [6.45, 7) is 4.29. The van der Waals surface area contributed by atoms with Crippen LogP contribution in [0.3, 0.4) is 0 Å². The summed E-state index contributed by atoms with van der Waals surface area (Å²) < 4.78 is 0. The van der Waals surface area contributed by atoms with Crippen molar-refractivity contribution in [2.45, 2.75) is 52.0 Å². The van der Waals surface area contributed by atoms with E-state index in [0.717, 1.165) is 12.8 Å². The third kappa shape index (κ3) is 4.41. The Bertz CT molecular complexity index is 173. The molecule has 0 aliphatic heterocycles. The van der Waals surface area contributed by atoms with E-state index in [-0.39, 0.29) is 6.04 Å². The molecule has 2 nitrogen and oxygen atoms in total. The molecular weight excluding hydrogens is 162 g/mol. The van der Waals surface area contributed by atoms with Crippen LogP contribution in [0.2, 0.25) is 0 Å². The van der Waals surface area contributed by atoms with Crippen molar-refractivity contribution in [2.75, 3.05) is 0 Å². The van der Waals surface area contributed by atoms with Gasteiger partial charge in [-0.05, 0) is 31.1 Å². The molecule has 0 radical (unpaired) electrons. The molecule has 1 aliphatic carbocycles. The fraction of sp³-hybridized carbons (Fsp3) is 0.909. The molecule has 1 rings (SSSR count). The number of carbonyl (C=O) groups excluding carboxylic acids is 1. The molecule has 0 bridgehead atoms. The van der Waals surface area contributed by atoms with Gasteiger partial charge in [-0.1, -0.05) is 13.8 Å². The maximum atomic E-state index is 11.4. The van der Waals surface area contributed by atoms with E-state index < -0.39 is 0 Å². The molecule has 13 heavy (non-hydrogen) atoms. The minimum atomic E-state index is 0.152. The van der Waals surface area contributed by atoms with Gasteiger partial charge in [-0.3, -0.25) is 4.79 Å². The lowest BCUT2D eigenvalue weighted by atomic mass is 10.00. The molecule has 2 N–H and O–H groups in total. The van der Waals surface area contributed by atoms with Crippen molar-refractivity contribution in [1.29, 1.82) is 0 Å². The molecule has 1 fully saturated rings. The highest BCUT2D eigenvalue weighted by Crippen LogP contribution is 2.33. The van der Waals surface area contributed by atoms with Crippen molar-refractivity contribution in [3.05, 3.63) is 0 Å². The monoisotopic (exact) mass is 183 g/mol. The van der Waals surface area contributed by atoms with Crippen molar-refractivity contribution < 1.29 is 4.79 Å². The summed E-state index contributed by atoms with van der Waals surface area (Å²) in [4.78, 5) is 11.4. The van der Waals surface area contributed by atoms with Gasteiger partial charge in [0.2, 0.25) is 0 Å². The second-order valence-electron chi connectivity index (χ2n) is 4.68. The van der Waals surface area contributed by atoms with Gasteiger partial charge < -0.3 is 5.73 Å². The van der Waals surface area contributed by atoms with E-state index >= 15 is 0 Å². The predicted octanol–water partition coefficient (Wildman–Crippen LogP) is 2.12. The summed E-state index contributed by atoms with van der Waals surface area (Å²) in [5.41, 5.74) is 5.87. The molecule has 1 atom stereocenters. The van der Waals surface area contributed by atoms with Crippen molar-refractivity contribution in [2.24, 2.45) is 17.6 Å². The van der Waals surface area contributed by atoms with E-state index in [9.17, 15) is 4.79 Å². The van der Waals surface area contributed by atoms with Gasteiger partial charge >= 0.3 is 0 Å². The van der Waals surface area contributed by atoms with Gasteiger partial charge in [-0.2, -0.15) is 0 Å². The standard InChI is InChI=1S/C11H21NO/c1-8(2)3-6-10(13)7-11(12)9-4-5-9/h8-9,11H,3-7,12H2,1-2H3. The summed E-state index contributed by atoms with van der Waals surface area (Å²) >= 11 is 0. The fourth-order valence-electron chi connectivity index (χ4n) is 1.51. The van der Waals surface area contributed by atoms with Crippen LogP contribution in [0.25, 0.3) is 0 Å². The molecule has 0 spiro atoms. The number of hydrogen-bond acceptors (Lipinski definition) is 2. The smallest absolute Gasteiger partial charge is 0.134 e. The first-order valence-electron chi connectivity index (χ1n) is 5.37. The molecule has 0 aromatic carbocycles. The second kappa shape index (κ2) is 4.75. The van der Waals surface area contributed by atoms with Crippen LogP contribution in [0, 0.1) is 11.8 Å². The van der Waals surface area contributed by atoms with Crippen molar-refractivity contribution in [1.82, 2.24) is 0 Å². The quantitative estimate of drug-likeness (QED) is 0.685. The highest BCUT2D eigenvalue weighted by Gasteiger charge is 2.29. The van der Waals surface area contributed by atoms with Crippen LogP contribution in [0.4, 0.5) is 0 Å². The molecule has 1 saturated carbocycles. The van der Waals surface area contributed by atoms with Crippen LogP contribution in [0.1, 0.15) is 46.0 Å². The molecule has 76 valence electrons. The zero-order valence-corrected chi connectivity index (χ0v) is 8.75. The van der Waals surface area contributed by atoms with Crippen molar-refractivity contribution in [3.8, 4) is 0 Å². The number of nitrogens with two attached hydrogens (primary N) is 1. The van der Waals surface area contributed by atoms with E-state index in [4.69, 9.17) is 5.73 Å². The van der Waals surface area contributed by atoms with E-state index in [1.54, 1.807) is 0 Å². The topological polar surface area (TPSA) is 43.1 Å². The lowest BCUT2D eigenvalue weighted by Gasteiger charge is -2.09. The van der Waals surface area contributed by atoms with Gasteiger partial charge in [0.05, 0.1) is 0 Å². The Hall–Kier alpha value is -0.370. The zero-order valence-electron chi connectivity index (χ0n) is 8.75. The Labute approximate surface area is 80.9 Å². The van der Waals surface area contributed by atoms with Gasteiger partial charge in [-0.25, -0.2) is 0 Å². The average Bonchev–Trinajstić information content (AvgIpc) is 2.82. The third-order valence-electron chi connectivity index (χ3n) is 2.69. The van der Waals surface area contributed by atoms with Crippen LogP contribution >= 0.6 is 0 Å². The Morgan fingerprint density at radius 1 is 1.46 bits per heavy atom. The minimum absolute atomic E-state index is 0.152. The molecule has 2 heteroatoms. The maximum Gasteiger partial charge on any atom is 0.134 e. The van der Waals surface area contributed by atoms with E-state index in [0.29, 0.717) is 24.0 Å². The summed E-state index contributed by atoms with van der Waals surface area (Å²) in [5.74, 6) is 1.64. The third-order valence-corrected chi connectivity index (χ3v) is 2.69. The minimum Gasteiger partial charge on any atom is -0.327 e. The molecule has 0 saturated heterocycles. The highest BCUT2D eigenvalue weighted by molar-refractivity contribution is 5.79. The molecule has 0 heterocycles. The predicted molar refractivity (Wildman–Crippen MR) is 54.4 cm³/mol. The van der Waals surface area contributed by atoms with Crippen molar-refractivity contribution >= 4 is 5.78 Å². The van der Waals surface area contributed by atoms with E-state index in [1.807, 2.05) is 0 Å². The zero-order chi connectivity index (χ0) is 9.84. The van der Waals surface area contributed by atoms with Crippen LogP contribution in [-0.4, -0.2) is 11.8 Å². The average molecular weight is 183 g/mol. The number of rotatable bonds is 6. The first-order valence-corrected chi connectivity index (χ1v) is 5.37. The molecular formula is C11H21NO. The van der Waals surface area contributed by atoms with Crippen LogP contribution < -0.4 is 5.73 Å². The molecule has 0 aromatic rings. The lowest BCUT2D eigenvalue weighted by Crippen LogP contribution is -2.25. The molecule has 1 aliphatic rings. The second-order valence-corrected chi connectivity index (χ2v) is 4.68. The van der Waals surface area contributed by atoms with Crippen LogP contribution in [0.15, 0.2) is 0 Å². The number of Topliss-reactive ketones (excluding diaryl/α,β-unsaturated/α-hetero) is 1. The van der Waals surface area contributed by atoms with Gasteiger partial charge in [0.15, 0.2) is 0 Å². The van der Waals surface area contributed by atoms with Crippen LogP contribution in [0.5, 0.6) is 0 Å². The first kappa shape index (κ1) is 10.7. The maximum absolute atomic E-state index is 11.4. The summed E-state index contributed by atoms with van der Waals surface area (Å²) in [7, 11) is 0. The van der Waals surface area contributed by atoms with Crippen molar-refractivity contribution in [3.63, 3.8) is 0 Å². The number of carbonyl (C=O) groups is 1. The van der Waals surface area contributed by atoms with Crippen LogP contribution in [-0.2, 0) is 4.79 Å². The molecule has 1 unspecified atom stereocenters. The number of hydrogen-bond donors (Lipinski definition) is 1. The van der Waals surface area contributed by atoms with E-state index in [2.05, 4.69) is 13.8 Å². The summed E-state index contributed by atoms with van der Waals surface area (Å²) in [6, 6.07) is 0.152. The Kier molecular flexibility index (Phi) is 3.91. The highest BCUT2D eigenvalue weighted by atomic mass is 16.1. The van der Waals surface area contributed by atoms with Gasteiger partial charge in [0, 0.05) is 18.9 Å². The molecule has 0 amide bonds. The summed E-state index contributed by atoms with van der Waals surface area (Å²) in [6.07, 6.45) is 4.81. The Balaban J connectivity index is 2.09. The Morgan fingerprint density at radius 2 is 2.08 bits per heavy atom. The van der Waals surface area contributed by atoms with Gasteiger partial charge in [-0.15, -0.1) is 0 Å². The SMILES string of the molecule is CC(C)CCC(=O)CC(N)C1CC1. The Morgan fingerprint density at radius 3 is 2.54 bits per heavy atom. The largest absolute Gasteiger partial charge is 0.327 e. The number of ketones is 1. The van der Waals surface area contributed by atoms with E-state index in [1.165, 1.54) is 12.8 Å². The normalized spacial score (nSPS) is 19.1. The van der Waals surface area contributed by atoms with Gasteiger partial charge in [0.1, 0.15) is 5.78 Å².